The van der Waals surface area contributed by atoms with Gasteiger partial charge in [-0.1, -0.05) is 346 Å². The normalized spacial score (nSPS) is 16.1. The van der Waals surface area contributed by atoms with Crippen molar-refractivity contribution in [2.45, 2.75) is 288 Å². The minimum atomic E-state index is 0. The number of thioether (sulfide) groups is 8. The average molecular weight is 1530 g/mol. The molecule has 0 aliphatic carbocycles. The molecule has 0 unspecified atom stereocenters. The third kappa shape index (κ3) is 34.9. The van der Waals surface area contributed by atoms with Crippen molar-refractivity contribution >= 4 is 139 Å². The smallest absolute Gasteiger partial charge is 0.0729 e. The van der Waals surface area contributed by atoms with Crippen LogP contribution < -0.4 is 0 Å². The van der Waals surface area contributed by atoms with E-state index in [1.54, 1.807) is 23.2 Å². The molecule has 0 fully saturated rings. The van der Waals surface area contributed by atoms with E-state index in [0.29, 0.717) is 0 Å². The van der Waals surface area contributed by atoms with Gasteiger partial charge in [0.15, 0.2) is 0 Å². The van der Waals surface area contributed by atoms with Gasteiger partial charge in [-0.15, -0.1) is 18.8 Å². The van der Waals surface area contributed by atoms with Crippen molar-refractivity contribution in [2.24, 2.45) is 0 Å². The standard InChI is InChI=1S/C38H52S4.C26H42I2S4.C10H6.2CH4/c1-5-8-10-12-14-16-18-20-23-34-31(4)39-37(40-34)38-41-35(24-21-19-17-15-13-11-9-6-2)36(42-38)30-29-33-27-25-32(22-7-3)26-28-33;1-3-5-7-9-11-13-15-17-19-21-23(27)31-25(29-21)26-30-22(24(28)32-26)20-18-16-14-12-10-8-6-4-2;1-3-9-5-7-10(4-2)8-6-9;;/h25-28H,5-6,8-21,23-24H2,1-4H3;3-20H2,1-2H3;1-2,5-8H;2*1H4/b38-37-;26-25+;;;. The lowest BCUT2D eigenvalue weighted by Gasteiger charge is -2.05. The first kappa shape index (κ1) is 81.5. The molecule has 0 nitrogen and oxygen atoms in total. The molecule has 4 aliphatic rings. The molecule has 0 bridgehead atoms. The van der Waals surface area contributed by atoms with Gasteiger partial charge in [-0.05, 0) is 169 Å². The second-order valence-electron chi connectivity index (χ2n) is 22.1. The van der Waals surface area contributed by atoms with Gasteiger partial charge < -0.3 is 0 Å². The molecule has 10 heteroatoms. The maximum atomic E-state index is 5.14. The molecule has 0 atom stereocenters. The summed E-state index contributed by atoms with van der Waals surface area (Å²) >= 11 is 21.4. The maximum Gasteiger partial charge on any atom is 0.0729 e. The molecular formula is C76H108I2S8. The highest BCUT2D eigenvalue weighted by Gasteiger charge is 2.29. The maximum absolute atomic E-state index is 5.14. The van der Waals surface area contributed by atoms with Crippen molar-refractivity contribution in [1.29, 1.82) is 0 Å². The Morgan fingerprint density at radius 1 is 0.326 bits per heavy atom. The summed E-state index contributed by atoms with van der Waals surface area (Å²) in [4.78, 5) is 9.16. The molecule has 2 aromatic carbocycles. The van der Waals surface area contributed by atoms with Crippen molar-refractivity contribution in [3.8, 4) is 48.4 Å². The predicted molar refractivity (Wildman–Crippen MR) is 427 cm³/mol. The van der Waals surface area contributed by atoms with E-state index in [4.69, 9.17) is 12.8 Å². The molecule has 0 saturated carbocycles. The first-order valence-electron chi connectivity index (χ1n) is 32.4. The number of allylic oxidation sites excluding steroid dienone is 6. The molecule has 6 rings (SSSR count). The summed E-state index contributed by atoms with van der Waals surface area (Å²) in [5.41, 5.74) is 3.84. The van der Waals surface area contributed by atoms with Crippen LogP contribution in [0.25, 0.3) is 0 Å². The van der Waals surface area contributed by atoms with Crippen LogP contribution in [0.15, 0.2) is 101 Å². The second-order valence-corrected chi connectivity index (χ2v) is 35.4. The quantitative estimate of drug-likeness (QED) is 0.0371. The summed E-state index contributed by atoms with van der Waals surface area (Å²) in [6.07, 6.45) is 59.8. The molecule has 0 aromatic heterocycles. The third-order valence-corrected chi connectivity index (χ3v) is 29.5. The second kappa shape index (κ2) is 52.8. The Kier molecular flexibility index (Phi) is 50.0. The highest BCUT2D eigenvalue weighted by atomic mass is 127. The van der Waals surface area contributed by atoms with Crippen LogP contribution in [0.3, 0.4) is 0 Å². The van der Waals surface area contributed by atoms with Gasteiger partial charge in [-0.25, -0.2) is 0 Å². The van der Waals surface area contributed by atoms with E-state index in [9.17, 15) is 0 Å². The number of hydrogen-bond donors (Lipinski definition) is 0. The lowest BCUT2D eigenvalue weighted by atomic mass is 10.1. The van der Waals surface area contributed by atoms with Gasteiger partial charge in [0.05, 0.1) is 27.7 Å². The number of terminal acetylenes is 2. The summed E-state index contributed by atoms with van der Waals surface area (Å²) in [5, 5.41) is 0. The molecule has 0 amide bonds. The largest absolute Gasteiger partial charge is 0.115 e. The van der Waals surface area contributed by atoms with Gasteiger partial charge >= 0.3 is 0 Å². The fourth-order valence-electron chi connectivity index (χ4n) is 9.72. The molecule has 4 aliphatic heterocycles. The Balaban J connectivity index is 0.000000505. The zero-order valence-electron chi connectivity index (χ0n) is 52.3. The van der Waals surface area contributed by atoms with E-state index in [-0.39, 0.29) is 14.9 Å². The van der Waals surface area contributed by atoms with Crippen molar-refractivity contribution in [3.05, 3.63) is 123 Å². The van der Waals surface area contributed by atoms with Crippen LogP contribution in [0.5, 0.6) is 0 Å². The Morgan fingerprint density at radius 2 is 0.605 bits per heavy atom. The molecule has 0 radical (unpaired) electrons. The van der Waals surface area contributed by atoms with E-state index >= 15 is 0 Å². The molecule has 86 heavy (non-hydrogen) atoms. The van der Waals surface area contributed by atoms with Crippen molar-refractivity contribution < 1.29 is 0 Å². The number of unbranched alkanes of at least 4 members (excludes halogenated alkanes) is 28. The Labute approximate surface area is 591 Å². The number of hydrogen-bond acceptors (Lipinski definition) is 8. The van der Waals surface area contributed by atoms with Gasteiger partial charge in [-0.3, -0.25) is 0 Å². The summed E-state index contributed by atoms with van der Waals surface area (Å²) in [6, 6.07) is 15.7. The first-order chi connectivity index (χ1) is 41.2. The Bertz CT molecular complexity index is 2560. The summed E-state index contributed by atoms with van der Waals surface area (Å²) in [6.45, 7) is 13.4. The topological polar surface area (TPSA) is 0 Å². The summed E-state index contributed by atoms with van der Waals surface area (Å²) in [5.74, 6) is 18.2. The van der Waals surface area contributed by atoms with Gasteiger partial charge in [-0.2, -0.15) is 0 Å². The van der Waals surface area contributed by atoms with E-state index in [2.05, 4.69) is 163 Å². The predicted octanol–water partition coefficient (Wildman–Crippen LogP) is 30.3. The van der Waals surface area contributed by atoms with E-state index in [1.807, 2.05) is 102 Å². The lowest BCUT2D eigenvalue weighted by molar-refractivity contribution is 0.577. The minimum absolute atomic E-state index is 0. The molecular weight excluding hydrogens is 1420 g/mol. The molecule has 474 valence electrons. The van der Waals surface area contributed by atoms with Crippen LogP contribution in [-0.2, 0) is 0 Å². The summed E-state index contributed by atoms with van der Waals surface area (Å²) in [7, 11) is 0. The fraction of sp³-hybridized carbons (Fsp3) is 0.579. The third-order valence-electron chi connectivity index (χ3n) is 14.8. The van der Waals surface area contributed by atoms with Crippen molar-refractivity contribution in [2.75, 3.05) is 0 Å². The van der Waals surface area contributed by atoms with Crippen molar-refractivity contribution in [3.63, 3.8) is 0 Å². The van der Waals surface area contributed by atoms with E-state index in [1.165, 1.54) is 254 Å². The summed E-state index contributed by atoms with van der Waals surface area (Å²) < 4.78 is 9.13. The SMILES string of the molecule is C.C.C#Cc1ccc(C#C)cc1.CC#Cc1ccc(C#CC2=C(CCCCCCCCCC)S/C(=C3\SC(C)=C(CCCCCCCCCC)S3)S2)cc1.CCCCCCCCCCC1=C(I)S/C(=C2/SC(I)=C(CCCCCCCCCC)S2)S1. The lowest BCUT2D eigenvalue weighted by Crippen LogP contribution is -1.83. The molecule has 2 aromatic rings. The van der Waals surface area contributed by atoms with Crippen LogP contribution in [0.4, 0.5) is 0 Å². The molecule has 0 N–H and O–H groups in total. The molecule has 4 heterocycles. The zero-order chi connectivity index (χ0) is 60.2. The zero-order valence-corrected chi connectivity index (χ0v) is 63.1. The monoisotopic (exact) mass is 1530 g/mol. The number of halogens is 2. The van der Waals surface area contributed by atoms with E-state index in [0.717, 1.165) is 28.7 Å². The minimum Gasteiger partial charge on any atom is -0.115 e. The Hall–Kier alpha value is -0.620. The molecule has 0 spiro atoms. The van der Waals surface area contributed by atoms with Crippen LogP contribution in [-0.4, -0.2) is 0 Å². The highest BCUT2D eigenvalue weighted by molar-refractivity contribution is 14.1. The van der Waals surface area contributed by atoms with Gasteiger partial charge in [0.25, 0.3) is 0 Å². The number of rotatable bonds is 36. The fourth-order valence-corrected chi connectivity index (χ4v) is 23.9. The van der Waals surface area contributed by atoms with Crippen LogP contribution in [0, 0.1) is 48.4 Å². The molecule has 0 saturated heterocycles. The average Bonchev–Trinajstić information content (AvgIpc) is 2.52. The first-order valence-corrected chi connectivity index (χ1v) is 41.0. The van der Waals surface area contributed by atoms with E-state index < -0.39 is 0 Å². The van der Waals surface area contributed by atoms with Crippen LogP contribution in [0.2, 0.25) is 0 Å². The Morgan fingerprint density at radius 3 is 0.965 bits per heavy atom. The van der Waals surface area contributed by atoms with Gasteiger partial charge in [0.1, 0.15) is 0 Å². The van der Waals surface area contributed by atoms with Crippen LogP contribution >= 0.6 is 139 Å². The number of benzene rings is 2. The van der Waals surface area contributed by atoms with Crippen molar-refractivity contribution in [1.82, 2.24) is 0 Å². The van der Waals surface area contributed by atoms with Gasteiger partial charge in [0.2, 0.25) is 0 Å². The van der Waals surface area contributed by atoms with Crippen LogP contribution in [0.1, 0.15) is 310 Å². The van der Waals surface area contributed by atoms with Gasteiger partial charge in [0, 0.05) is 37.0 Å². The highest BCUT2D eigenvalue weighted by Crippen LogP contribution is 2.64.